The van der Waals surface area contributed by atoms with Crippen molar-refractivity contribution >= 4 is 30.7 Å². The number of hydrogen-bond donors (Lipinski definition) is 2. The zero-order valence-corrected chi connectivity index (χ0v) is 16.6. The van der Waals surface area contributed by atoms with E-state index >= 15 is 0 Å². The molecule has 9 heteroatoms. The molecule has 0 radical (unpaired) electrons. The van der Waals surface area contributed by atoms with Crippen molar-refractivity contribution in [1.29, 1.82) is 0 Å². The minimum Gasteiger partial charge on any atom is -0.344 e. The Hall–Kier alpha value is -0.890. The van der Waals surface area contributed by atoms with E-state index in [0.717, 1.165) is 25.7 Å². The van der Waals surface area contributed by atoms with Gasteiger partial charge in [-0.05, 0) is 47.3 Å². The molecule has 0 fully saturated rings. The standard InChI is InChI=1S/C15H29N5O2.2ClH/c1-15(2,14-17-13(22-19-14)11-20(3)4)18-12(21)9-7-5-6-8-10-16;;/h5-11,16H2,1-4H3,(H,18,21);2*1H. The van der Waals surface area contributed by atoms with Gasteiger partial charge in [-0.3, -0.25) is 4.79 Å². The van der Waals surface area contributed by atoms with Crippen molar-refractivity contribution in [2.45, 2.75) is 58.0 Å². The molecular weight excluding hydrogens is 353 g/mol. The Balaban J connectivity index is 0. The number of unbranched alkanes of at least 4 members (excludes halogenated alkanes) is 3. The van der Waals surface area contributed by atoms with Gasteiger partial charge in [0.2, 0.25) is 11.8 Å². The molecule has 1 aromatic rings. The largest absolute Gasteiger partial charge is 0.344 e. The second-order valence-electron chi connectivity index (χ2n) is 6.38. The molecule has 1 rings (SSSR count). The smallest absolute Gasteiger partial charge is 0.240 e. The number of carbonyl (C=O) groups excluding carboxylic acids is 1. The van der Waals surface area contributed by atoms with E-state index in [2.05, 4.69) is 15.5 Å². The summed E-state index contributed by atoms with van der Waals surface area (Å²) in [5.74, 6) is 1.06. The maximum atomic E-state index is 12.0. The third-order valence-corrected chi connectivity index (χ3v) is 3.29. The summed E-state index contributed by atoms with van der Waals surface area (Å²) in [6, 6.07) is 0. The second-order valence-corrected chi connectivity index (χ2v) is 6.38. The molecule has 0 unspecified atom stereocenters. The van der Waals surface area contributed by atoms with Gasteiger partial charge in [0, 0.05) is 6.42 Å². The number of aromatic nitrogens is 2. The van der Waals surface area contributed by atoms with Gasteiger partial charge in [0.1, 0.15) is 0 Å². The van der Waals surface area contributed by atoms with Crippen LogP contribution < -0.4 is 11.1 Å². The number of hydrogen-bond acceptors (Lipinski definition) is 6. The maximum Gasteiger partial charge on any atom is 0.240 e. The molecule has 1 aromatic heterocycles. The number of amides is 1. The first-order chi connectivity index (χ1) is 10.3. The quantitative estimate of drug-likeness (QED) is 0.601. The molecule has 0 saturated carbocycles. The fraction of sp³-hybridized carbons (Fsp3) is 0.800. The summed E-state index contributed by atoms with van der Waals surface area (Å²) in [5, 5.41) is 6.94. The average molecular weight is 384 g/mol. The van der Waals surface area contributed by atoms with Gasteiger partial charge >= 0.3 is 0 Å². The SMILES string of the molecule is CN(C)Cc1nc(C(C)(C)NC(=O)CCCCCCN)no1.Cl.Cl. The van der Waals surface area contributed by atoms with E-state index in [9.17, 15) is 4.79 Å². The lowest BCUT2D eigenvalue weighted by molar-refractivity contribution is -0.123. The number of halogens is 2. The summed E-state index contributed by atoms with van der Waals surface area (Å²) in [7, 11) is 3.86. The molecule has 0 saturated heterocycles. The molecule has 1 amide bonds. The average Bonchev–Trinajstić information content (AvgIpc) is 2.86. The topological polar surface area (TPSA) is 97.3 Å². The zero-order valence-electron chi connectivity index (χ0n) is 15.0. The van der Waals surface area contributed by atoms with Crippen LogP contribution in [0.25, 0.3) is 0 Å². The van der Waals surface area contributed by atoms with Crippen LogP contribution in [-0.2, 0) is 16.9 Å². The van der Waals surface area contributed by atoms with Gasteiger partial charge in [-0.2, -0.15) is 4.98 Å². The van der Waals surface area contributed by atoms with Crippen molar-refractivity contribution in [3.8, 4) is 0 Å². The lowest BCUT2D eigenvalue weighted by atomic mass is 10.0. The van der Waals surface area contributed by atoms with Gasteiger partial charge < -0.3 is 20.5 Å². The molecular formula is C15H31Cl2N5O2. The third kappa shape index (κ3) is 9.42. The van der Waals surface area contributed by atoms with Crippen LogP contribution in [0.3, 0.4) is 0 Å². The highest BCUT2D eigenvalue weighted by Crippen LogP contribution is 2.17. The molecule has 0 atom stereocenters. The Bertz CT molecular complexity index is 466. The van der Waals surface area contributed by atoms with Crippen LogP contribution in [0.1, 0.15) is 57.7 Å². The Morgan fingerprint density at radius 3 is 2.42 bits per heavy atom. The Morgan fingerprint density at radius 1 is 1.21 bits per heavy atom. The summed E-state index contributed by atoms with van der Waals surface area (Å²) >= 11 is 0. The summed E-state index contributed by atoms with van der Waals surface area (Å²) in [4.78, 5) is 18.3. The molecule has 0 aliphatic heterocycles. The number of rotatable bonds is 10. The first-order valence-electron chi connectivity index (χ1n) is 7.84. The number of nitrogens with two attached hydrogens (primary N) is 1. The first kappa shape index (κ1) is 25.4. The summed E-state index contributed by atoms with van der Waals surface area (Å²) in [5.41, 5.74) is 4.81. The molecule has 142 valence electrons. The van der Waals surface area contributed by atoms with Crippen molar-refractivity contribution in [2.24, 2.45) is 5.73 Å². The monoisotopic (exact) mass is 383 g/mol. The van der Waals surface area contributed by atoms with Gasteiger partial charge in [-0.25, -0.2) is 0 Å². The number of carbonyl (C=O) groups is 1. The van der Waals surface area contributed by atoms with Gasteiger partial charge in [-0.1, -0.05) is 18.0 Å². The van der Waals surface area contributed by atoms with Crippen LogP contribution >= 0.6 is 24.8 Å². The Kier molecular flexibility index (Phi) is 13.2. The van der Waals surface area contributed by atoms with E-state index < -0.39 is 5.54 Å². The van der Waals surface area contributed by atoms with Crippen molar-refractivity contribution in [1.82, 2.24) is 20.4 Å². The Labute approximate surface area is 156 Å². The van der Waals surface area contributed by atoms with Crippen molar-refractivity contribution in [3.05, 3.63) is 11.7 Å². The highest BCUT2D eigenvalue weighted by Gasteiger charge is 2.28. The lowest BCUT2D eigenvalue weighted by Crippen LogP contribution is -2.41. The molecule has 3 N–H and O–H groups in total. The zero-order chi connectivity index (χ0) is 16.6. The van der Waals surface area contributed by atoms with E-state index in [1.807, 2.05) is 32.8 Å². The second kappa shape index (κ2) is 12.5. The fourth-order valence-electron chi connectivity index (χ4n) is 2.09. The highest BCUT2D eigenvalue weighted by atomic mass is 35.5. The maximum absolute atomic E-state index is 12.0. The molecule has 7 nitrogen and oxygen atoms in total. The number of nitrogens with zero attached hydrogens (tertiary/aromatic N) is 3. The first-order valence-corrected chi connectivity index (χ1v) is 7.84. The summed E-state index contributed by atoms with van der Waals surface area (Å²) in [6.07, 6.45) is 4.51. The summed E-state index contributed by atoms with van der Waals surface area (Å²) in [6.45, 7) is 5.05. The summed E-state index contributed by atoms with van der Waals surface area (Å²) < 4.78 is 5.20. The van der Waals surface area contributed by atoms with Crippen molar-refractivity contribution in [3.63, 3.8) is 0 Å². The predicted octanol–water partition coefficient (Wildman–Crippen LogP) is 2.24. The van der Waals surface area contributed by atoms with E-state index in [1.165, 1.54) is 0 Å². The van der Waals surface area contributed by atoms with Crippen LogP contribution in [0.5, 0.6) is 0 Å². The van der Waals surface area contributed by atoms with E-state index in [0.29, 0.717) is 31.2 Å². The normalized spacial score (nSPS) is 10.9. The third-order valence-electron chi connectivity index (χ3n) is 3.29. The Morgan fingerprint density at radius 2 is 1.83 bits per heavy atom. The van der Waals surface area contributed by atoms with E-state index in [1.54, 1.807) is 0 Å². The van der Waals surface area contributed by atoms with Crippen LogP contribution in [0, 0.1) is 0 Å². The predicted molar refractivity (Wildman–Crippen MR) is 99.5 cm³/mol. The van der Waals surface area contributed by atoms with Crippen molar-refractivity contribution in [2.75, 3.05) is 20.6 Å². The molecule has 1 heterocycles. The van der Waals surface area contributed by atoms with Gasteiger partial charge in [0.25, 0.3) is 0 Å². The van der Waals surface area contributed by atoms with E-state index in [-0.39, 0.29) is 30.7 Å². The molecule has 0 aliphatic rings. The van der Waals surface area contributed by atoms with Crippen LogP contribution in [0.2, 0.25) is 0 Å². The van der Waals surface area contributed by atoms with Gasteiger partial charge in [-0.15, -0.1) is 24.8 Å². The molecule has 0 spiro atoms. The number of nitrogens with one attached hydrogen (secondary N) is 1. The highest BCUT2D eigenvalue weighted by molar-refractivity contribution is 5.85. The van der Waals surface area contributed by atoms with Crippen molar-refractivity contribution < 1.29 is 9.32 Å². The molecule has 24 heavy (non-hydrogen) atoms. The van der Waals surface area contributed by atoms with Crippen LogP contribution in [0.15, 0.2) is 4.52 Å². The lowest BCUT2D eigenvalue weighted by Gasteiger charge is -2.22. The van der Waals surface area contributed by atoms with E-state index in [4.69, 9.17) is 10.3 Å². The minimum atomic E-state index is -0.637. The van der Waals surface area contributed by atoms with Crippen LogP contribution in [-0.4, -0.2) is 41.6 Å². The molecule has 0 aliphatic carbocycles. The van der Waals surface area contributed by atoms with Gasteiger partial charge in [0.05, 0.1) is 12.1 Å². The van der Waals surface area contributed by atoms with Crippen LogP contribution in [0.4, 0.5) is 0 Å². The molecule has 0 aromatic carbocycles. The minimum absolute atomic E-state index is 0. The fourth-order valence-corrected chi connectivity index (χ4v) is 2.09. The van der Waals surface area contributed by atoms with Gasteiger partial charge in [0.15, 0.2) is 5.82 Å². The molecule has 0 bridgehead atoms.